The molecular formula is C26H40O4Si. The molecule has 172 valence electrons. The van der Waals surface area contributed by atoms with Crippen molar-refractivity contribution in [2.45, 2.75) is 96.6 Å². The second kappa shape index (κ2) is 10.9. The highest BCUT2D eigenvalue weighted by molar-refractivity contribution is 6.69. The second-order valence-corrected chi connectivity index (χ2v) is 14.5. The Kier molecular flexibility index (Phi) is 9.11. The van der Waals surface area contributed by atoms with Gasteiger partial charge in [-0.3, -0.25) is 0 Å². The van der Waals surface area contributed by atoms with Crippen molar-refractivity contribution in [2.24, 2.45) is 0 Å². The molecule has 0 bridgehead atoms. The molecule has 0 unspecified atom stereocenters. The number of benzene rings is 1. The van der Waals surface area contributed by atoms with E-state index in [1.54, 1.807) is 0 Å². The van der Waals surface area contributed by atoms with Gasteiger partial charge in [0.05, 0.1) is 24.4 Å². The van der Waals surface area contributed by atoms with Gasteiger partial charge in [0.25, 0.3) is 0 Å². The van der Waals surface area contributed by atoms with Gasteiger partial charge in [0.15, 0.2) is 13.9 Å². The minimum absolute atomic E-state index is 0.170. The molecule has 31 heavy (non-hydrogen) atoms. The third-order valence-electron chi connectivity index (χ3n) is 5.61. The van der Waals surface area contributed by atoms with E-state index in [1.165, 1.54) is 5.57 Å². The highest BCUT2D eigenvalue weighted by Gasteiger charge is 2.53. The van der Waals surface area contributed by atoms with Gasteiger partial charge in [-0.1, -0.05) is 47.9 Å². The molecule has 0 spiro atoms. The quantitative estimate of drug-likeness (QED) is 0.144. The van der Waals surface area contributed by atoms with Crippen LogP contribution in [0, 0.1) is 12.3 Å². The molecule has 1 fully saturated rings. The Hall–Kier alpha value is -1.42. The first-order chi connectivity index (χ1) is 14.5. The monoisotopic (exact) mass is 444 g/mol. The summed E-state index contributed by atoms with van der Waals surface area (Å²) in [6, 6.07) is 10.1. The van der Waals surface area contributed by atoms with Crippen LogP contribution in [0.4, 0.5) is 0 Å². The minimum atomic E-state index is -1.82. The number of allylic oxidation sites excluding steroid dienone is 2. The van der Waals surface area contributed by atoms with Crippen LogP contribution in [-0.2, 0) is 25.2 Å². The summed E-state index contributed by atoms with van der Waals surface area (Å²) in [4.78, 5) is 0. The van der Waals surface area contributed by atoms with Crippen LogP contribution in [0.25, 0.3) is 0 Å². The first kappa shape index (κ1) is 25.8. The van der Waals surface area contributed by atoms with Crippen LogP contribution in [-0.4, -0.2) is 38.5 Å². The largest absolute Gasteiger partial charge is 0.411 e. The number of rotatable bonds is 10. The van der Waals surface area contributed by atoms with Crippen LogP contribution in [0.1, 0.15) is 52.5 Å². The van der Waals surface area contributed by atoms with E-state index in [1.807, 2.05) is 37.3 Å². The normalized spacial score (nSPS) is 28.7. The molecule has 0 N–H and O–H groups in total. The lowest BCUT2D eigenvalue weighted by Crippen LogP contribution is -2.62. The van der Waals surface area contributed by atoms with Gasteiger partial charge >= 0.3 is 0 Å². The average molecular weight is 445 g/mol. The van der Waals surface area contributed by atoms with Crippen LogP contribution < -0.4 is 0 Å². The van der Waals surface area contributed by atoms with Gasteiger partial charge in [-0.15, -0.1) is 6.42 Å². The van der Waals surface area contributed by atoms with Crippen LogP contribution in [0.3, 0.4) is 0 Å². The molecule has 0 aromatic heterocycles. The van der Waals surface area contributed by atoms with E-state index < -0.39 is 19.5 Å². The summed E-state index contributed by atoms with van der Waals surface area (Å²) < 4.78 is 25.2. The lowest BCUT2D eigenvalue weighted by atomic mass is 9.80. The number of hydrogen-bond acceptors (Lipinski definition) is 4. The van der Waals surface area contributed by atoms with Gasteiger partial charge in [-0.2, -0.15) is 0 Å². The fourth-order valence-corrected chi connectivity index (χ4v) is 5.14. The van der Waals surface area contributed by atoms with E-state index in [0.29, 0.717) is 13.0 Å². The zero-order valence-corrected chi connectivity index (χ0v) is 21.4. The van der Waals surface area contributed by atoms with Crippen LogP contribution in [0.5, 0.6) is 0 Å². The van der Waals surface area contributed by atoms with E-state index in [0.717, 1.165) is 18.4 Å². The van der Waals surface area contributed by atoms with Crippen molar-refractivity contribution in [3.8, 4) is 12.3 Å². The Bertz CT molecular complexity index is 760. The Balaban J connectivity index is 2.13. The third kappa shape index (κ3) is 7.89. The number of hydrogen-bond donors (Lipinski definition) is 0. The summed E-state index contributed by atoms with van der Waals surface area (Å²) in [5.41, 5.74) is 1.10. The molecule has 1 aromatic carbocycles. The average Bonchev–Trinajstić information content (AvgIpc) is 2.68. The molecular weight excluding hydrogens is 404 g/mol. The topological polar surface area (TPSA) is 36.9 Å². The van der Waals surface area contributed by atoms with Crippen LogP contribution in [0.2, 0.25) is 19.6 Å². The van der Waals surface area contributed by atoms with Crippen LogP contribution in [0.15, 0.2) is 42.0 Å². The predicted molar refractivity (Wildman–Crippen MR) is 129 cm³/mol. The number of terminal acetylenes is 1. The Morgan fingerprint density at radius 2 is 1.87 bits per heavy atom. The molecule has 1 heterocycles. The minimum Gasteiger partial charge on any atom is -0.411 e. The summed E-state index contributed by atoms with van der Waals surface area (Å²) in [6.07, 6.45) is 10.2. The lowest BCUT2D eigenvalue weighted by molar-refractivity contribution is -0.265. The first-order valence-electron chi connectivity index (χ1n) is 11.2. The summed E-state index contributed by atoms with van der Waals surface area (Å²) >= 11 is 0. The maximum Gasteiger partial charge on any atom is 0.184 e. The van der Waals surface area contributed by atoms with Crippen molar-refractivity contribution < 1.29 is 18.6 Å². The van der Waals surface area contributed by atoms with Crippen LogP contribution >= 0.6 is 0 Å². The van der Waals surface area contributed by atoms with Crippen molar-refractivity contribution >= 4 is 8.32 Å². The lowest BCUT2D eigenvalue weighted by Gasteiger charge is -2.52. The zero-order valence-electron chi connectivity index (χ0n) is 20.4. The summed E-state index contributed by atoms with van der Waals surface area (Å²) in [6.45, 7) is 15.5. The van der Waals surface area contributed by atoms with Gasteiger partial charge < -0.3 is 18.6 Å². The zero-order chi connectivity index (χ0) is 23.1. The van der Waals surface area contributed by atoms with Gasteiger partial charge in [0.1, 0.15) is 6.79 Å². The van der Waals surface area contributed by atoms with Gasteiger partial charge in [-0.05, 0) is 65.7 Å². The van der Waals surface area contributed by atoms with E-state index in [9.17, 15) is 0 Å². The highest BCUT2D eigenvalue weighted by Crippen LogP contribution is 2.42. The van der Waals surface area contributed by atoms with Crippen molar-refractivity contribution in [3.63, 3.8) is 0 Å². The smallest absolute Gasteiger partial charge is 0.184 e. The molecule has 0 saturated carbocycles. The van der Waals surface area contributed by atoms with Crippen molar-refractivity contribution in [2.75, 3.05) is 6.79 Å². The van der Waals surface area contributed by atoms with E-state index in [4.69, 9.17) is 25.1 Å². The fourth-order valence-electron chi connectivity index (χ4n) is 3.96. The predicted octanol–water partition coefficient (Wildman–Crippen LogP) is 6.08. The molecule has 0 radical (unpaired) electrons. The van der Waals surface area contributed by atoms with Gasteiger partial charge in [0, 0.05) is 6.42 Å². The van der Waals surface area contributed by atoms with Gasteiger partial charge in [0.2, 0.25) is 0 Å². The molecule has 0 aliphatic carbocycles. The Labute approximate surface area is 190 Å². The Morgan fingerprint density at radius 3 is 2.45 bits per heavy atom. The van der Waals surface area contributed by atoms with Crippen molar-refractivity contribution in [1.82, 2.24) is 0 Å². The molecule has 0 amide bonds. The second-order valence-electron chi connectivity index (χ2n) is 10.0. The standard InChI is InChI=1S/C26H40O4Si/c1-9-25(4)24(29-31(6,7)8)18-23(26(5,30-25)17-13-14-21(2)3)28-20-27-19-22-15-11-10-12-16-22/h1,10-12,14-16,23-24H,13,17-20H2,2-8H3/t23-,24+,25-,26+/m0/s1. The molecule has 1 aromatic rings. The fraction of sp³-hybridized carbons (Fsp3) is 0.615. The Morgan fingerprint density at radius 1 is 1.19 bits per heavy atom. The third-order valence-corrected chi connectivity index (χ3v) is 6.60. The molecule has 1 aliphatic rings. The molecule has 1 aliphatic heterocycles. The molecule has 4 nitrogen and oxygen atoms in total. The molecule has 2 rings (SSSR count). The molecule has 5 heteroatoms. The first-order valence-corrected chi connectivity index (χ1v) is 14.6. The van der Waals surface area contributed by atoms with Crippen molar-refractivity contribution in [3.05, 3.63) is 47.5 Å². The van der Waals surface area contributed by atoms with Gasteiger partial charge in [-0.25, -0.2) is 0 Å². The SMILES string of the molecule is C#C[C@]1(C)O[C@](C)(CCC=C(C)C)[C@@H](OCOCc2ccccc2)C[C@H]1O[Si](C)(C)C. The molecule has 4 atom stereocenters. The van der Waals surface area contributed by atoms with E-state index in [2.05, 4.69) is 52.4 Å². The maximum atomic E-state index is 6.63. The van der Waals surface area contributed by atoms with E-state index >= 15 is 0 Å². The number of ether oxygens (including phenoxy) is 3. The molecule has 1 saturated heterocycles. The summed E-state index contributed by atoms with van der Waals surface area (Å²) in [5, 5.41) is 0. The highest BCUT2D eigenvalue weighted by atomic mass is 28.4. The summed E-state index contributed by atoms with van der Waals surface area (Å²) in [5.74, 6) is 2.89. The summed E-state index contributed by atoms with van der Waals surface area (Å²) in [7, 11) is -1.82. The van der Waals surface area contributed by atoms with E-state index in [-0.39, 0.29) is 19.0 Å². The van der Waals surface area contributed by atoms with Crippen molar-refractivity contribution in [1.29, 1.82) is 0 Å². The maximum absolute atomic E-state index is 6.63.